The Morgan fingerprint density at radius 3 is 1.43 bits per heavy atom. The van der Waals surface area contributed by atoms with Crippen LogP contribution in [0, 0.1) is 11.8 Å². The maximum absolute atomic E-state index is 4.70. The van der Waals surface area contributed by atoms with Gasteiger partial charge in [-0.25, -0.2) is 0 Å². The molecule has 0 saturated heterocycles. The first-order valence-electron chi connectivity index (χ1n) is 15.7. The van der Waals surface area contributed by atoms with E-state index in [2.05, 4.69) is 139 Å². The second-order valence-electron chi connectivity index (χ2n) is 12.7. The molecule has 2 aromatic heterocycles. The zero-order valence-corrected chi connectivity index (χ0v) is 25.9. The molecule has 0 aliphatic rings. The zero-order valence-electron chi connectivity index (χ0n) is 25.9. The summed E-state index contributed by atoms with van der Waals surface area (Å²) in [6, 6.07) is 43.4. The van der Waals surface area contributed by atoms with Crippen molar-refractivity contribution in [1.82, 2.24) is 19.3 Å². The van der Waals surface area contributed by atoms with Crippen LogP contribution in [0.25, 0.3) is 56.0 Å². The summed E-state index contributed by atoms with van der Waals surface area (Å²) in [6.45, 7) is 9.16. The van der Waals surface area contributed by atoms with Gasteiger partial charge in [-0.05, 0) is 96.5 Å². The lowest BCUT2D eigenvalue weighted by atomic mass is 9.99. The number of nitrogens with zero attached hydrogens (tertiary/aromatic N) is 4. The summed E-state index contributed by atoms with van der Waals surface area (Å²) in [5.74, 6) is 2.88. The van der Waals surface area contributed by atoms with Gasteiger partial charge in [-0.1, -0.05) is 88.4 Å². The predicted molar refractivity (Wildman–Crippen MR) is 184 cm³/mol. The van der Waals surface area contributed by atoms with Gasteiger partial charge in [0.25, 0.3) is 0 Å². The standard InChI is InChI=1S/C40H38N4/c1-27(2)23-29-15-21-37-35(25-29)36-26-30(24-28(3)4)16-22-38(36)43(37)34-19-17-32(18-20-34)40-42-41-39(31-11-7-5-8-12-31)44(40)33-13-9-6-10-14-33/h5-22,25-28H,23-24H2,1-4H3. The summed E-state index contributed by atoms with van der Waals surface area (Å²) < 4.78 is 4.56. The molecular weight excluding hydrogens is 536 g/mol. The van der Waals surface area contributed by atoms with Crippen LogP contribution >= 0.6 is 0 Å². The molecule has 44 heavy (non-hydrogen) atoms. The Kier molecular flexibility index (Phi) is 7.35. The molecule has 0 N–H and O–H groups in total. The van der Waals surface area contributed by atoms with E-state index in [0.717, 1.165) is 47.0 Å². The van der Waals surface area contributed by atoms with Crippen molar-refractivity contribution in [1.29, 1.82) is 0 Å². The Hall–Kier alpha value is -4.96. The molecular formula is C40H38N4. The first-order valence-corrected chi connectivity index (χ1v) is 15.7. The Bertz CT molecular complexity index is 1980. The van der Waals surface area contributed by atoms with E-state index in [9.17, 15) is 0 Å². The quantitative estimate of drug-likeness (QED) is 0.181. The van der Waals surface area contributed by atoms with E-state index < -0.39 is 0 Å². The van der Waals surface area contributed by atoms with Crippen molar-refractivity contribution >= 4 is 21.8 Å². The summed E-state index contributed by atoms with van der Waals surface area (Å²) in [7, 11) is 0. The van der Waals surface area contributed by atoms with E-state index in [1.807, 2.05) is 24.3 Å². The maximum Gasteiger partial charge on any atom is 0.168 e. The van der Waals surface area contributed by atoms with Crippen molar-refractivity contribution in [2.24, 2.45) is 11.8 Å². The van der Waals surface area contributed by atoms with Crippen LogP contribution in [0.5, 0.6) is 0 Å². The number of rotatable bonds is 8. The van der Waals surface area contributed by atoms with Gasteiger partial charge >= 0.3 is 0 Å². The van der Waals surface area contributed by atoms with Crippen molar-refractivity contribution in [2.75, 3.05) is 0 Å². The van der Waals surface area contributed by atoms with Crippen LogP contribution in [0.1, 0.15) is 38.8 Å². The second-order valence-corrected chi connectivity index (χ2v) is 12.7. The number of benzene rings is 5. The highest BCUT2D eigenvalue weighted by molar-refractivity contribution is 6.09. The molecule has 7 rings (SSSR count). The molecule has 218 valence electrons. The van der Waals surface area contributed by atoms with Crippen molar-refractivity contribution in [3.8, 4) is 34.2 Å². The maximum atomic E-state index is 4.70. The van der Waals surface area contributed by atoms with Crippen LogP contribution in [-0.2, 0) is 12.8 Å². The summed E-state index contributed by atoms with van der Waals surface area (Å²) in [4.78, 5) is 0. The third-order valence-corrected chi connectivity index (χ3v) is 8.27. The van der Waals surface area contributed by atoms with E-state index in [4.69, 9.17) is 5.10 Å². The van der Waals surface area contributed by atoms with Crippen LogP contribution in [0.3, 0.4) is 0 Å². The minimum Gasteiger partial charge on any atom is -0.309 e. The van der Waals surface area contributed by atoms with Crippen molar-refractivity contribution in [3.63, 3.8) is 0 Å². The molecule has 0 spiro atoms. The van der Waals surface area contributed by atoms with Gasteiger partial charge in [0.2, 0.25) is 0 Å². The Balaban J connectivity index is 1.36. The normalized spacial score (nSPS) is 11.8. The third-order valence-electron chi connectivity index (χ3n) is 8.27. The number of fused-ring (bicyclic) bond motifs is 3. The van der Waals surface area contributed by atoms with E-state index >= 15 is 0 Å². The minimum absolute atomic E-state index is 0.616. The van der Waals surface area contributed by atoms with Crippen molar-refractivity contribution in [2.45, 2.75) is 40.5 Å². The number of para-hydroxylation sites is 1. The van der Waals surface area contributed by atoms with Crippen LogP contribution < -0.4 is 0 Å². The molecule has 0 aliphatic heterocycles. The largest absolute Gasteiger partial charge is 0.309 e. The number of hydrogen-bond acceptors (Lipinski definition) is 2. The molecule has 5 aromatic carbocycles. The van der Waals surface area contributed by atoms with Gasteiger partial charge in [0.1, 0.15) is 0 Å². The fraction of sp³-hybridized carbons (Fsp3) is 0.200. The van der Waals surface area contributed by atoms with E-state index in [1.165, 1.54) is 32.9 Å². The van der Waals surface area contributed by atoms with Gasteiger partial charge in [-0.15, -0.1) is 10.2 Å². The molecule has 0 amide bonds. The highest BCUT2D eigenvalue weighted by atomic mass is 15.3. The molecule has 0 unspecified atom stereocenters. The zero-order chi connectivity index (χ0) is 30.2. The number of aromatic nitrogens is 4. The first-order chi connectivity index (χ1) is 21.5. The molecule has 7 aromatic rings. The molecule has 4 heteroatoms. The molecule has 2 heterocycles. The third kappa shape index (κ3) is 5.22. The summed E-state index contributed by atoms with van der Waals surface area (Å²) in [5, 5.41) is 12.0. The van der Waals surface area contributed by atoms with Gasteiger partial charge in [-0.3, -0.25) is 4.57 Å². The Morgan fingerprint density at radius 1 is 0.477 bits per heavy atom. The highest BCUT2D eigenvalue weighted by Crippen LogP contribution is 2.35. The lowest BCUT2D eigenvalue weighted by molar-refractivity contribution is 0.647. The monoisotopic (exact) mass is 574 g/mol. The van der Waals surface area contributed by atoms with E-state index in [0.29, 0.717) is 11.8 Å². The van der Waals surface area contributed by atoms with Gasteiger partial charge in [-0.2, -0.15) is 0 Å². The molecule has 0 saturated carbocycles. The van der Waals surface area contributed by atoms with Gasteiger partial charge in [0.15, 0.2) is 11.6 Å². The fourth-order valence-electron chi connectivity index (χ4n) is 6.42. The van der Waals surface area contributed by atoms with Crippen LogP contribution in [0.15, 0.2) is 121 Å². The van der Waals surface area contributed by atoms with Gasteiger partial charge in [0, 0.05) is 33.3 Å². The smallest absolute Gasteiger partial charge is 0.168 e. The Labute approximate surface area is 259 Å². The highest BCUT2D eigenvalue weighted by Gasteiger charge is 2.18. The van der Waals surface area contributed by atoms with Crippen molar-refractivity contribution in [3.05, 3.63) is 132 Å². The molecule has 0 fully saturated rings. The first kappa shape index (κ1) is 27.8. The van der Waals surface area contributed by atoms with Gasteiger partial charge in [0.05, 0.1) is 11.0 Å². The van der Waals surface area contributed by atoms with Crippen LogP contribution in [0.2, 0.25) is 0 Å². The van der Waals surface area contributed by atoms with Crippen LogP contribution in [-0.4, -0.2) is 19.3 Å². The lowest BCUT2D eigenvalue weighted by Crippen LogP contribution is -2.00. The topological polar surface area (TPSA) is 35.6 Å². The summed E-state index contributed by atoms with van der Waals surface area (Å²) in [6.07, 6.45) is 2.16. The van der Waals surface area contributed by atoms with E-state index in [1.54, 1.807) is 0 Å². The SMILES string of the molecule is CC(C)Cc1ccc2c(c1)c1cc(CC(C)C)ccc1n2-c1ccc(-c2nnc(-c3ccccc3)n2-c2ccccc2)cc1. The summed E-state index contributed by atoms with van der Waals surface area (Å²) >= 11 is 0. The molecule has 0 atom stereocenters. The lowest BCUT2D eigenvalue weighted by Gasteiger charge is -2.12. The fourth-order valence-corrected chi connectivity index (χ4v) is 6.42. The second kappa shape index (κ2) is 11.6. The minimum atomic E-state index is 0.616. The van der Waals surface area contributed by atoms with Crippen LogP contribution in [0.4, 0.5) is 0 Å². The summed E-state index contributed by atoms with van der Waals surface area (Å²) in [5.41, 5.74) is 9.48. The predicted octanol–water partition coefficient (Wildman–Crippen LogP) is 10.1. The molecule has 0 bridgehead atoms. The molecule has 4 nitrogen and oxygen atoms in total. The van der Waals surface area contributed by atoms with E-state index in [-0.39, 0.29) is 0 Å². The van der Waals surface area contributed by atoms with Gasteiger partial charge < -0.3 is 4.57 Å². The molecule has 0 aliphatic carbocycles. The number of hydrogen-bond donors (Lipinski definition) is 0. The Morgan fingerprint density at radius 2 is 0.932 bits per heavy atom. The average molecular weight is 575 g/mol. The van der Waals surface area contributed by atoms with Crippen molar-refractivity contribution < 1.29 is 0 Å². The average Bonchev–Trinajstić information content (AvgIpc) is 3.61. The molecule has 0 radical (unpaired) electrons.